The lowest BCUT2D eigenvalue weighted by atomic mass is 9.71. The van der Waals surface area contributed by atoms with Crippen LogP contribution in [0.25, 0.3) is 0 Å². The molecule has 0 amide bonds. The van der Waals surface area contributed by atoms with Gasteiger partial charge in [-0.3, -0.25) is 0 Å². The molecule has 100 valence electrons. The van der Waals surface area contributed by atoms with Gasteiger partial charge in [0, 0.05) is 6.54 Å². The van der Waals surface area contributed by atoms with E-state index < -0.39 is 10.0 Å². The van der Waals surface area contributed by atoms with E-state index in [1.54, 1.807) is 0 Å². The summed E-state index contributed by atoms with van der Waals surface area (Å²) >= 11 is 5.77. The first-order valence-electron chi connectivity index (χ1n) is 5.87. The second-order valence-corrected chi connectivity index (χ2v) is 7.35. The van der Waals surface area contributed by atoms with Crippen molar-refractivity contribution >= 4 is 27.3 Å². The molecule has 1 fully saturated rings. The number of benzene rings is 1. The normalized spacial score (nSPS) is 18.3. The van der Waals surface area contributed by atoms with Gasteiger partial charge in [-0.15, -0.1) is 0 Å². The van der Waals surface area contributed by atoms with Crippen LogP contribution in [0, 0.1) is 5.41 Å². The zero-order chi connectivity index (χ0) is 13.4. The van der Waals surface area contributed by atoms with Crippen molar-refractivity contribution in [3.63, 3.8) is 0 Å². The van der Waals surface area contributed by atoms with Gasteiger partial charge in [-0.05, 0) is 36.5 Å². The quantitative estimate of drug-likeness (QED) is 0.836. The standard InChI is InChI=1S/C12H17ClN2O2S/c1-12(5-2-6-12)8-15-18(16,17)9-3-4-10(13)11(14)7-9/h3-4,7,15H,2,5-6,8,14H2,1H3. The largest absolute Gasteiger partial charge is 0.397 e. The monoisotopic (exact) mass is 288 g/mol. The highest BCUT2D eigenvalue weighted by Gasteiger charge is 2.33. The third kappa shape index (κ3) is 2.79. The van der Waals surface area contributed by atoms with E-state index >= 15 is 0 Å². The smallest absolute Gasteiger partial charge is 0.240 e. The van der Waals surface area contributed by atoms with Crippen LogP contribution in [0.2, 0.25) is 5.02 Å². The number of hydrogen-bond donors (Lipinski definition) is 2. The van der Waals surface area contributed by atoms with E-state index in [0.29, 0.717) is 11.6 Å². The molecule has 1 aromatic carbocycles. The Labute approximate surface area is 113 Å². The molecular formula is C12H17ClN2O2S. The van der Waals surface area contributed by atoms with Crippen LogP contribution in [0.15, 0.2) is 23.1 Å². The second kappa shape index (κ2) is 4.72. The Morgan fingerprint density at radius 1 is 1.44 bits per heavy atom. The Balaban J connectivity index is 2.12. The first kappa shape index (κ1) is 13.6. The van der Waals surface area contributed by atoms with E-state index in [9.17, 15) is 8.42 Å². The van der Waals surface area contributed by atoms with E-state index in [2.05, 4.69) is 11.6 Å². The van der Waals surface area contributed by atoms with Gasteiger partial charge in [-0.1, -0.05) is 24.9 Å². The SMILES string of the molecule is CC1(CNS(=O)(=O)c2ccc(Cl)c(N)c2)CCC1. The summed E-state index contributed by atoms with van der Waals surface area (Å²) in [6.45, 7) is 2.56. The Hall–Kier alpha value is -0.780. The van der Waals surface area contributed by atoms with Gasteiger partial charge in [-0.2, -0.15) is 0 Å². The summed E-state index contributed by atoms with van der Waals surface area (Å²) < 4.78 is 26.8. The lowest BCUT2D eigenvalue weighted by Crippen LogP contribution is -2.39. The molecular weight excluding hydrogens is 272 g/mol. The molecule has 0 aliphatic heterocycles. The summed E-state index contributed by atoms with van der Waals surface area (Å²) in [5.74, 6) is 0. The first-order chi connectivity index (χ1) is 8.32. The Morgan fingerprint density at radius 2 is 2.11 bits per heavy atom. The summed E-state index contributed by atoms with van der Waals surface area (Å²) in [5.41, 5.74) is 5.99. The van der Waals surface area contributed by atoms with Gasteiger partial charge in [-0.25, -0.2) is 13.1 Å². The number of nitrogens with one attached hydrogen (secondary N) is 1. The number of hydrogen-bond acceptors (Lipinski definition) is 3. The third-order valence-electron chi connectivity index (χ3n) is 3.53. The van der Waals surface area contributed by atoms with Gasteiger partial charge in [0.2, 0.25) is 10.0 Å². The molecule has 0 atom stereocenters. The van der Waals surface area contributed by atoms with Crippen LogP contribution in [0.5, 0.6) is 0 Å². The fourth-order valence-corrected chi connectivity index (χ4v) is 3.35. The number of halogens is 1. The molecule has 18 heavy (non-hydrogen) atoms. The van der Waals surface area contributed by atoms with Crippen LogP contribution in [0.3, 0.4) is 0 Å². The van der Waals surface area contributed by atoms with Gasteiger partial charge in [0.25, 0.3) is 0 Å². The number of nitrogen functional groups attached to an aromatic ring is 1. The first-order valence-corrected chi connectivity index (χ1v) is 7.73. The molecule has 0 aromatic heterocycles. The number of anilines is 1. The average molecular weight is 289 g/mol. The molecule has 0 heterocycles. The highest BCUT2D eigenvalue weighted by atomic mass is 35.5. The zero-order valence-electron chi connectivity index (χ0n) is 10.2. The number of nitrogens with two attached hydrogens (primary N) is 1. The molecule has 1 saturated carbocycles. The van der Waals surface area contributed by atoms with Crippen LogP contribution < -0.4 is 10.5 Å². The van der Waals surface area contributed by atoms with Crippen LogP contribution in [0.1, 0.15) is 26.2 Å². The molecule has 6 heteroatoms. The van der Waals surface area contributed by atoms with E-state index in [1.165, 1.54) is 24.6 Å². The predicted molar refractivity (Wildman–Crippen MR) is 73.0 cm³/mol. The van der Waals surface area contributed by atoms with Crippen molar-refractivity contribution in [2.45, 2.75) is 31.1 Å². The average Bonchev–Trinajstić information content (AvgIpc) is 2.27. The summed E-state index contributed by atoms with van der Waals surface area (Å²) in [4.78, 5) is 0.160. The van der Waals surface area contributed by atoms with Crippen molar-refractivity contribution in [3.8, 4) is 0 Å². The van der Waals surface area contributed by atoms with Crippen LogP contribution >= 0.6 is 11.6 Å². The molecule has 0 spiro atoms. The maximum atomic E-state index is 12.1. The predicted octanol–water partition coefficient (Wildman–Crippen LogP) is 2.39. The van der Waals surface area contributed by atoms with Crippen LogP contribution in [-0.2, 0) is 10.0 Å². The zero-order valence-corrected chi connectivity index (χ0v) is 11.8. The van der Waals surface area contributed by atoms with Crippen molar-refractivity contribution in [2.75, 3.05) is 12.3 Å². The van der Waals surface area contributed by atoms with Gasteiger partial charge < -0.3 is 5.73 Å². The molecule has 2 rings (SSSR count). The van der Waals surface area contributed by atoms with Crippen molar-refractivity contribution in [2.24, 2.45) is 5.41 Å². The molecule has 1 aromatic rings. The molecule has 1 aliphatic carbocycles. The van der Waals surface area contributed by atoms with E-state index in [0.717, 1.165) is 12.8 Å². The molecule has 0 bridgehead atoms. The third-order valence-corrected chi connectivity index (χ3v) is 5.27. The minimum Gasteiger partial charge on any atom is -0.397 e. The highest BCUT2D eigenvalue weighted by molar-refractivity contribution is 7.89. The fourth-order valence-electron chi connectivity index (χ4n) is 2.00. The molecule has 0 unspecified atom stereocenters. The maximum Gasteiger partial charge on any atom is 0.240 e. The van der Waals surface area contributed by atoms with Crippen molar-refractivity contribution in [1.29, 1.82) is 0 Å². The van der Waals surface area contributed by atoms with Gasteiger partial charge in [0.1, 0.15) is 0 Å². The van der Waals surface area contributed by atoms with E-state index in [-0.39, 0.29) is 16.0 Å². The number of rotatable bonds is 4. The second-order valence-electron chi connectivity index (χ2n) is 5.17. The summed E-state index contributed by atoms with van der Waals surface area (Å²) in [6, 6.07) is 4.34. The molecule has 4 nitrogen and oxygen atoms in total. The van der Waals surface area contributed by atoms with Gasteiger partial charge >= 0.3 is 0 Å². The summed E-state index contributed by atoms with van der Waals surface area (Å²) in [5, 5.41) is 0.361. The van der Waals surface area contributed by atoms with Gasteiger partial charge in [0.05, 0.1) is 15.6 Å². The maximum absolute atomic E-state index is 12.1. The molecule has 1 aliphatic rings. The fraction of sp³-hybridized carbons (Fsp3) is 0.500. The summed E-state index contributed by atoms with van der Waals surface area (Å²) in [7, 11) is -3.50. The van der Waals surface area contributed by atoms with E-state index in [4.69, 9.17) is 17.3 Å². The summed E-state index contributed by atoms with van der Waals surface area (Å²) in [6.07, 6.45) is 3.31. The minimum atomic E-state index is -3.50. The topological polar surface area (TPSA) is 72.2 Å². The molecule has 0 radical (unpaired) electrons. The van der Waals surface area contributed by atoms with Crippen LogP contribution in [0.4, 0.5) is 5.69 Å². The van der Waals surface area contributed by atoms with Crippen molar-refractivity contribution in [3.05, 3.63) is 23.2 Å². The Bertz CT molecular complexity index is 553. The minimum absolute atomic E-state index is 0.102. The van der Waals surface area contributed by atoms with Gasteiger partial charge in [0.15, 0.2) is 0 Å². The molecule has 3 N–H and O–H groups in total. The van der Waals surface area contributed by atoms with E-state index in [1.807, 2.05) is 0 Å². The Morgan fingerprint density at radius 3 is 2.61 bits per heavy atom. The van der Waals surface area contributed by atoms with Crippen molar-refractivity contribution in [1.82, 2.24) is 4.72 Å². The van der Waals surface area contributed by atoms with Crippen molar-refractivity contribution < 1.29 is 8.42 Å². The highest BCUT2D eigenvalue weighted by Crippen LogP contribution is 2.39. The number of sulfonamides is 1. The Kier molecular flexibility index (Phi) is 3.58. The lowest BCUT2D eigenvalue weighted by molar-refractivity contribution is 0.166. The molecule has 0 saturated heterocycles. The lowest BCUT2D eigenvalue weighted by Gasteiger charge is -2.38. The van der Waals surface area contributed by atoms with Crippen LogP contribution in [-0.4, -0.2) is 15.0 Å².